The number of hydrogen-bond donors (Lipinski definition) is 0. The molecule has 0 aliphatic carbocycles. The van der Waals surface area contributed by atoms with E-state index in [1.165, 1.54) is 0 Å². The molecular weight excluding hydrogens is 334 g/mol. The van der Waals surface area contributed by atoms with Gasteiger partial charge in [-0.15, -0.1) is 0 Å². The van der Waals surface area contributed by atoms with Crippen molar-refractivity contribution in [2.45, 2.75) is 6.92 Å². The topological polar surface area (TPSA) is 20.9 Å². The predicted molar refractivity (Wildman–Crippen MR) is 94.1 cm³/mol. The van der Waals surface area contributed by atoms with E-state index in [0.29, 0.717) is 28.3 Å². The second-order valence-corrected chi connectivity index (χ2v) is 6.35. The molecule has 130 valence electrons. The van der Waals surface area contributed by atoms with Crippen LogP contribution < -0.4 is 9.13 Å². The summed E-state index contributed by atoms with van der Waals surface area (Å²) in [5.41, 5.74) is 3.30. The van der Waals surface area contributed by atoms with Crippen LogP contribution in [-0.2, 0) is 14.1 Å². The molecule has 3 nitrogen and oxygen atoms in total. The average Bonchev–Trinajstić information content (AvgIpc) is 2.93. The highest BCUT2D eigenvalue weighted by molar-refractivity contribution is 5.76. The molecule has 0 spiro atoms. The molecular formula is C21H18F2N2O+2. The zero-order valence-corrected chi connectivity index (χ0v) is 14.8. The van der Waals surface area contributed by atoms with E-state index in [1.807, 2.05) is 67.3 Å². The molecule has 2 aromatic heterocycles. The molecule has 0 N–H and O–H groups in total. The van der Waals surface area contributed by atoms with Crippen molar-refractivity contribution < 1.29 is 22.3 Å². The third kappa shape index (κ3) is 2.39. The van der Waals surface area contributed by atoms with E-state index in [4.69, 9.17) is 4.42 Å². The van der Waals surface area contributed by atoms with Crippen molar-refractivity contribution >= 4 is 11.1 Å². The van der Waals surface area contributed by atoms with Crippen molar-refractivity contribution in [3.05, 3.63) is 71.9 Å². The predicted octanol–water partition coefficient (Wildman–Crippen LogP) is 4.00. The molecule has 0 bridgehead atoms. The van der Waals surface area contributed by atoms with Gasteiger partial charge in [0.2, 0.25) is 11.3 Å². The molecule has 0 saturated heterocycles. The SMILES string of the molecule is Cc1c(-c2cccc[n+]2C)c(F)cc(F)c1-c1oc2ccccc2[n+]1C. The van der Waals surface area contributed by atoms with Gasteiger partial charge >= 0.3 is 5.89 Å². The standard InChI is InChI=1S/C21H18F2N2O/c1-13-19(17-9-6-7-11-24(17)2)14(22)12-15(23)20(13)21-25(3)16-8-4-5-10-18(16)26-21/h4-12H,1-3H3/q+2. The first-order valence-electron chi connectivity index (χ1n) is 8.30. The zero-order chi connectivity index (χ0) is 18.4. The summed E-state index contributed by atoms with van der Waals surface area (Å²) in [6, 6.07) is 13.9. The first kappa shape index (κ1) is 16.4. The highest BCUT2D eigenvalue weighted by atomic mass is 19.1. The number of aromatic nitrogens is 2. The fraction of sp³-hybridized carbons (Fsp3) is 0.143. The van der Waals surface area contributed by atoms with E-state index in [2.05, 4.69) is 0 Å². The monoisotopic (exact) mass is 352 g/mol. The summed E-state index contributed by atoms with van der Waals surface area (Å²) < 4.78 is 39.0. The Morgan fingerprint density at radius 1 is 0.885 bits per heavy atom. The van der Waals surface area contributed by atoms with Crippen LogP contribution in [0.3, 0.4) is 0 Å². The highest BCUT2D eigenvalue weighted by Crippen LogP contribution is 2.35. The van der Waals surface area contributed by atoms with Gasteiger partial charge in [0.05, 0.1) is 5.56 Å². The largest absolute Gasteiger partial charge is 0.397 e. The number of nitrogens with zero attached hydrogens (tertiary/aromatic N) is 2. The van der Waals surface area contributed by atoms with E-state index < -0.39 is 11.6 Å². The van der Waals surface area contributed by atoms with Gasteiger partial charge in [-0.3, -0.25) is 0 Å². The molecule has 0 aliphatic heterocycles. The van der Waals surface area contributed by atoms with Crippen molar-refractivity contribution in [3.8, 4) is 22.7 Å². The quantitative estimate of drug-likeness (QED) is 0.500. The van der Waals surface area contributed by atoms with Crippen LogP contribution in [-0.4, -0.2) is 0 Å². The minimum atomic E-state index is -0.642. The van der Waals surface area contributed by atoms with Crippen LogP contribution in [0.5, 0.6) is 0 Å². The van der Waals surface area contributed by atoms with Crippen LogP contribution in [0.4, 0.5) is 8.78 Å². The Hall–Kier alpha value is -3.08. The number of oxazole rings is 1. The molecule has 5 heteroatoms. The van der Waals surface area contributed by atoms with Gasteiger partial charge in [0.15, 0.2) is 6.20 Å². The van der Waals surface area contributed by atoms with Crippen LogP contribution >= 0.6 is 0 Å². The maximum absolute atomic E-state index is 14.8. The number of para-hydroxylation sites is 2. The molecule has 4 rings (SSSR count). The normalized spacial score (nSPS) is 11.3. The van der Waals surface area contributed by atoms with Crippen LogP contribution in [0, 0.1) is 18.6 Å². The Bertz CT molecular complexity index is 1150. The Balaban J connectivity index is 2.05. The number of aryl methyl sites for hydroxylation is 2. The molecule has 0 amide bonds. The van der Waals surface area contributed by atoms with Crippen molar-refractivity contribution in [3.63, 3.8) is 0 Å². The first-order valence-corrected chi connectivity index (χ1v) is 8.30. The van der Waals surface area contributed by atoms with Gasteiger partial charge in [-0.05, 0) is 24.6 Å². The second-order valence-electron chi connectivity index (χ2n) is 6.35. The molecule has 0 saturated carbocycles. The van der Waals surface area contributed by atoms with Gasteiger partial charge in [0.25, 0.3) is 5.52 Å². The fourth-order valence-electron chi connectivity index (χ4n) is 3.42. The van der Waals surface area contributed by atoms with Gasteiger partial charge in [-0.25, -0.2) is 13.3 Å². The Labute approximate surface area is 149 Å². The molecule has 0 aliphatic rings. The first-order chi connectivity index (χ1) is 12.5. The van der Waals surface area contributed by atoms with Gasteiger partial charge in [-0.1, -0.05) is 12.1 Å². The van der Waals surface area contributed by atoms with Gasteiger partial charge < -0.3 is 4.42 Å². The van der Waals surface area contributed by atoms with E-state index in [9.17, 15) is 8.78 Å². The van der Waals surface area contributed by atoms with Crippen LogP contribution in [0.2, 0.25) is 0 Å². The van der Waals surface area contributed by atoms with E-state index in [1.54, 1.807) is 11.5 Å². The fourth-order valence-corrected chi connectivity index (χ4v) is 3.42. The molecule has 26 heavy (non-hydrogen) atoms. The Morgan fingerprint density at radius 3 is 2.31 bits per heavy atom. The molecule has 2 aromatic carbocycles. The molecule has 0 radical (unpaired) electrons. The smallest absolute Gasteiger partial charge is 0.384 e. The van der Waals surface area contributed by atoms with E-state index in [0.717, 1.165) is 11.6 Å². The summed E-state index contributed by atoms with van der Waals surface area (Å²) in [6.07, 6.45) is 1.83. The summed E-state index contributed by atoms with van der Waals surface area (Å²) in [5, 5.41) is 0. The maximum Gasteiger partial charge on any atom is 0.384 e. The number of benzene rings is 2. The third-order valence-corrected chi connectivity index (χ3v) is 4.74. The van der Waals surface area contributed by atoms with Crippen molar-refractivity contribution in [1.82, 2.24) is 0 Å². The maximum atomic E-state index is 14.8. The van der Waals surface area contributed by atoms with Gasteiger partial charge in [0, 0.05) is 24.3 Å². The Kier molecular flexibility index (Phi) is 3.80. The lowest BCUT2D eigenvalue weighted by atomic mass is 9.97. The molecule has 0 atom stereocenters. The molecule has 2 heterocycles. The van der Waals surface area contributed by atoms with Crippen LogP contribution in [0.15, 0.2) is 59.1 Å². The highest BCUT2D eigenvalue weighted by Gasteiger charge is 2.30. The minimum absolute atomic E-state index is 0.268. The van der Waals surface area contributed by atoms with E-state index in [-0.39, 0.29) is 5.56 Å². The summed E-state index contributed by atoms with van der Waals surface area (Å²) >= 11 is 0. The van der Waals surface area contributed by atoms with E-state index >= 15 is 0 Å². The lowest BCUT2D eigenvalue weighted by Crippen LogP contribution is -2.31. The Morgan fingerprint density at radius 2 is 1.58 bits per heavy atom. The van der Waals surface area contributed by atoms with Crippen molar-refractivity contribution in [1.29, 1.82) is 0 Å². The summed E-state index contributed by atoms with van der Waals surface area (Å²) in [7, 11) is 3.64. The van der Waals surface area contributed by atoms with Crippen molar-refractivity contribution in [2.75, 3.05) is 0 Å². The average molecular weight is 352 g/mol. The minimum Gasteiger partial charge on any atom is -0.397 e. The lowest BCUT2D eigenvalue weighted by Gasteiger charge is -2.09. The summed E-state index contributed by atoms with van der Waals surface area (Å²) in [6.45, 7) is 1.72. The lowest BCUT2D eigenvalue weighted by molar-refractivity contribution is -0.660. The zero-order valence-electron chi connectivity index (χ0n) is 14.8. The van der Waals surface area contributed by atoms with Crippen molar-refractivity contribution in [2.24, 2.45) is 14.1 Å². The van der Waals surface area contributed by atoms with Crippen LogP contribution in [0.1, 0.15) is 5.56 Å². The van der Waals surface area contributed by atoms with Gasteiger partial charge in [-0.2, -0.15) is 4.57 Å². The summed E-state index contributed by atoms with van der Waals surface area (Å²) in [4.78, 5) is 0. The van der Waals surface area contributed by atoms with Crippen LogP contribution in [0.25, 0.3) is 33.8 Å². The number of rotatable bonds is 2. The number of hydrogen-bond acceptors (Lipinski definition) is 1. The number of pyridine rings is 1. The number of fused-ring (bicyclic) bond motifs is 1. The second kappa shape index (κ2) is 6.02. The van der Waals surface area contributed by atoms with Gasteiger partial charge in [0.1, 0.15) is 31.3 Å². The third-order valence-electron chi connectivity index (χ3n) is 4.74. The summed E-state index contributed by atoms with van der Waals surface area (Å²) in [5.74, 6) is -0.873. The molecule has 0 unspecified atom stereocenters. The number of halogens is 2. The molecule has 4 aromatic rings. The molecule has 0 fully saturated rings.